The van der Waals surface area contributed by atoms with Crippen LogP contribution in [0.25, 0.3) is 11.1 Å². The molecule has 180 valence electrons. The van der Waals surface area contributed by atoms with Crippen molar-refractivity contribution in [2.24, 2.45) is 0 Å². The van der Waals surface area contributed by atoms with Gasteiger partial charge in [0.1, 0.15) is 6.61 Å². The first-order valence-corrected chi connectivity index (χ1v) is 11.6. The Bertz CT molecular complexity index is 1190. The Morgan fingerprint density at radius 1 is 0.914 bits per heavy atom. The Morgan fingerprint density at radius 2 is 1.51 bits per heavy atom. The molecule has 7 heteroatoms. The standard InChI is InChI=1S/C28H28N2O5/c1-18(16-27(32)33)29-26(31)15-14-19-8-2-7-13-25(19)30-28(34)35-17-24-22-11-5-3-9-20(22)21-10-4-6-12-23(21)24/h2-13,18,24H,14-17H2,1H3,(H,29,31)(H,30,34)(H,32,33)/t18-/m1/s1. The molecule has 4 rings (SSSR count). The van der Waals surface area contributed by atoms with E-state index in [1.165, 1.54) is 11.1 Å². The third-order valence-electron chi connectivity index (χ3n) is 6.11. The number of carbonyl (C=O) groups is 3. The Morgan fingerprint density at radius 3 is 2.17 bits per heavy atom. The molecule has 2 amide bonds. The van der Waals surface area contributed by atoms with E-state index in [0.717, 1.165) is 16.7 Å². The van der Waals surface area contributed by atoms with Crippen molar-refractivity contribution in [2.75, 3.05) is 11.9 Å². The number of aliphatic carboxylic acids is 1. The van der Waals surface area contributed by atoms with Gasteiger partial charge in [-0.2, -0.15) is 0 Å². The number of carbonyl (C=O) groups excluding carboxylic acids is 2. The molecule has 0 heterocycles. The van der Waals surface area contributed by atoms with E-state index in [0.29, 0.717) is 12.1 Å². The zero-order chi connectivity index (χ0) is 24.8. The fourth-order valence-corrected chi connectivity index (χ4v) is 4.51. The Kier molecular flexibility index (Phi) is 7.45. The molecule has 1 aliphatic carbocycles. The predicted octanol–water partition coefficient (Wildman–Crippen LogP) is 4.96. The highest BCUT2D eigenvalue weighted by atomic mass is 16.5. The molecule has 3 aromatic rings. The molecule has 3 aromatic carbocycles. The predicted molar refractivity (Wildman–Crippen MR) is 133 cm³/mol. The number of ether oxygens (including phenoxy) is 1. The number of benzene rings is 3. The molecule has 7 nitrogen and oxygen atoms in total. The van der Waals surface area contributed by atoms with E-state index in [2.05, 4.69) is 34.9 Å². The van der Waals surface area contributed by atoms with Gasteiger partial charge in [-0.3, -0.25) is 14.9 Å². The van der Waals surface area contributed by atoms with E-state index >= 15 is 0 Å². The number of carboxylic acid groups (broad SMARTS) is 1. The van der Waals surface area contributed by atoms with Gasteiger partial charge in [-0.1, -0.05) is 66.7 Å². The van der Waals surface area contributed by atoms with Crippen molar-refractivity contribution in [1.29, 1.82) is 0 Å². The van der Waals surface area contributed by atoms with Gasteiger partial charge < -0.3 is 15.2 Å². The van der Waals surface area contributed by atoms with E-state index in [1.807, 2.05) is 36.4 Å². The SMILES string of the molecule is C[C@H](CC(=O)O)NC(=O)CCc1ccccc1NC(=O)OCC1c2ccccc2-c2ccccc21. The lowest BCUT2D eigenvalue weighted by Crippen LogP contribution is -2.34. The van der Waals surface area contributed by atoms with Gasteiger partial charge in [0.2, 0.25) is 5.91 Å². The number of anilines is 1. The first-order valence-electron chi connectivity index (χ1n) is 11.6. The smallest absolute Gasteiger partial charge is 0.411 e. The van der Waals surface area contributed by atoms with E-state index < -0.39 is 18.1 Å². The minimum Gasteiger partial charge on any atom is -0.481 e. The summed E-state index contributed by atoms with van der Waals surface area (Å²) in [5.41, 5.74) is 5.99. The minimum absolute atomic E-state index is 0.0279. The third kappa shape index (κ3) is 5.87. The van der Waals surface area contributed by atoms with Gasteiger partial charge in [0.25, 0.3) is 0 Å². The Labute approximate surface area is 204 Å². The van der Waals surface area contributed by atoms with Crippen LogP contribution in [0.2, 0.25) is 0 Å². The summed E-state index contributed by atoms with van der Waals surface area (Å²) in [7, 11) is 0. The summed E-state index contributed by atoms with van der Waals surface area (Å²) in [4.78, 5) is 35.6. The highest BCUT2D eigenvalue weighted by molar-refractivity contribution is 5.86. The Hall–Kier alpha value is -4.13. The summed E-state index contributed by atoms with van der Waals surface area (Å²) in [6.45, 7) is 1.87. The molecule has 0 saturated heterocycles. The molecule has 1 aliphatic rings. The number of fused-ring (bicyclic) bond motifs is 3. The molecule has 0 saturated carbocycles. The lowest BCUT2D eigenvalue weighted by molar-refractivity contribution is -0.137. The topological polar surface area (TPSA) is 105 Å². The highest BCUT2D eigenvalue weighted by Crippen LogP contribution is 2.44. The van der Waals surface area contributed by atoms with Gasteiger partial charge in [0, 0.05) is 24.1 Å². The van der Waals surface area contributed by atoms with Crippen LogP contribution in [-0.4, -0.2) is 35.7 Å². The molecule has 3 N–H and O–H groups in total. The van der Waals surface area contributed by atoms with Gasteiger partial charge in [-0.05, 0) is 47.2 Å². The minimum atomic E-state index is -0.963. The second-order valence-electron chi connectivity index (χ2n) is 8.67. The van der Waals surface area contributed by atoms with Crippen LogP contribution in [0.4, 0.5) is 10.5 Å². The quantitative estimate of drug-likeness (QED) is 0.408. The largest absolute Gasteiger partial charge is 0.481 e. The maximum atomic E-state index is 12.7. The average molecular weight is 473 g/mol. The van der Waals surface area contributed by atoms with Crippen LogP contribution in [-0.2, 0) is 20.7 Å². The number of para-hydroxylation sites is 1. The van der Waals surface area contributed by atoms with E-state index in [4.69, 9.17) is 9.84 Å². The number of carboxylic acids is 1. The van der Waals surface area contributed by atoms with Crippen LogP contribution in [0.1, 0.15) is 42.4 Å². The molecular weight excluding hydrogens is 444 g/mol. The molecule has 0 aromatic heterocycles. The lowest BCUT2D eigenvalue weighted by atomic mass is 9.98. The molecule has 1 atom stereocenters. The summed E-state index contributed by atoms with van der Waals surface area (Å²) < 4.78 is 5.63. The van der Waals surface area contributed by atoms with E-state index in [9.17, 15) is 14.4 Å². The van der Waals surface area contributed by atoms with Crippen molar-refractivity contribution in [3.8, 4) is 11.1 Å². The van der Waals surface area contributed by atoms with Crippen LogP contribution in [0.3, 0.4) is 0 Å². The molecule has 0 fully saturated rings. The van der Waals surface area contributed by atoms with Crippen LogP contribution >= 0.6 is 0 Å². The fraction of sp³-hybridized carbons (Fsp3) is 0.250. The zero-order valence-electron chi connectivity index (χ0n) is 19.5. The average Bonchev–Trinajstić information content (AvgIpc) is 3.15. The van der Waals surface area contributed by atoms with Crippen LogP contribution in [0, 0.1) is 0 Å². The van der Waals surface area contributed by atoms with Gasteiger partial charge in [0.15, 0.2) is 0 Å². The second kappa shape index (κ2) is 10.9. The fourth-order valence-electron chi connectivity index (χ4n) is 4.51. The maximum absolute atomic E-state index is 12.7. The normalized spacial score (nSPS) is 12.8. The van der Waals surface area contributed by atoms with Crippen molar-refractivity contribution in [1.82, 2.24) is 5.32 Å². The molecule has 0 bridgehead atoms. The van der Waals surface area contributed by atoms with Crippen LogP contribution < -0.4 is 10.6 Å². The summed E-state index contributed by atoms with van der Waals surface area (Å²) in [6.07, 6.45) is -0.122. The van der Waals surface area contributed by atoms with Crippen molar-refractivity contribution >= 4 is 23.7 Å². The van der Waals surface area contributed by atoms with Gasteiger partial charge >= 0.3 is 12.1 Å². The van der Waals surface area contributed by atoms with Crippen molar-refractivity contribution in [3.63, 3.8) is 0 Å². The second-order valence-corrected chi connectivity index (χ2v) is 8.67. The monoisotopic (exact) mass is 472 g/mol. The zero-order valence-corrected chi connectivity index (χ0v) is 19.5. The molecule has 0 aliphatic heterocycles. The van der Waals surface area contributed by atoms with Crippen molar-refractivity contribution in [2.45, 2.75) is 38.1 Å². The first kappa shape index (κ1) is 24.0. The third-order valence-corrected chi connectivity index (χ3v) is 6.11. The number of hydrogen-bond donors (Lipinski definition) is 3. The number of nitrogens with one attached hydrogen (secondary N) is 2. The lowest BCUT2D eigenvalue weighted by Gasteiger charge is -2.16. The molecule has 35 heavy (non-hydrogen) atoms. The highest BCUT2D eigenvalue weighted by Gasteiger charge is 2.29. The number of rotatable bonds is 9. The van der Waals surface area contributed by atoms with Gasteiger partial charge in [0.05, 0.1) is 6.42 Å². The van der Waals surface area contributed by atoms with Crippen molar-refractivity contribution in [3.05, 3.63) is 89.5 Å². The Balaban J connectivity index is 1.35. The summed E-state index contributed by atoms with van der Waals surface area (Å²) in [5, 5.41) is 14.3. The summed E-state index contributed by atoms with van der Waals surface area (Å²) in [6, 6.07) is 23.1. The van der Waals surface area contributed by atoms with Crippen LogP contribution in [0.15, 0.2) is 72.8 Å². The number of hydrogen-bond acceptors (Lipinski definition) is 4. The molecule has 0 unspecified atom stereocenters. The maximum Gasteiger partial charge on any atom is 0.411 e. The summed E-state index contributed by atoms with van der Waals surface area (Å²) in [5.74, 6) is -1.23. The van der Waals surface area contributed by atoms with Gasteiger partial charge in [-0.15, -0.1) is 0 Å². The number of aryl methyl sites for hydroxylation is 1. The number of amides is 2. The first-order chi connectivity index (χ1) is 16.9. The van der Waals surface area contributed by atoms with E-state index in [1.54, 1.807) is 19.1 Å². The van der Waals surface area contributed by atoms with Crippen LogP contribution in [0.5, 0.6) is 0 Å². The van der Waals surface area contributed by atoms with Crippen molar-refractivity contribution < 1.29 is 24.2 Å². The summed E-state index contributed by atoms with van der Waals surface area (Å²) >= 11 is 0. The molecular formula is C28H28N2O5. The molecule has 0 spiro atoms. The van der Waals surface area contributed by atoms with E-state index in [-0.39, 0.29) is 31.3 Å². The van der Waals surface area contributed by atoms with Gasteiger partial charge in [-0.25, -0.2) is 4.79 Å². The molecule has 0 radical (unpaired) electrons.